The van der Waals surface area contributed by atoms with E-state index in [1.807, 2.05) is 18.2 Å². The van der Waals surface area contributed by atoms with Gasteiger partial charge in [-0.3, -0.25) is 4.99 Å². The van der Waals surface area contributed by atoms with E-state index >= 15 is 0 Å². The summed E-state index contributed by atoms with van der Waals surface area (Å²) in [6.07, 6.45) is 2.94. The number of guanidine groups is 1. The maximum absolute atomic E-state index is 5.71. The van der Waals surface area contributed by atoms with E-state index in [9.17, 15) is 0 Å². The van der Waals surface area contributed by atoms with Gasteiger partial charge in [0.2, 0.25) is 0 Å². The third-order valence-corrected chi connectivity index (χ3v) is 4.51. The summed E-state index contributed by atoms with van der Waals surface area (Å²) in [6.45, 7) is 4.89. The van der Waals surface area contributed by atoms with Crippen molar-refractivity contribution in [2.45, 2.75) is 19.3 Å². The first-order valence-corrected chi connectivity index (χ1v) is 9.57. The van der Waals surface area contributed by atoms with Gasteiger partial charge in [-0.1, -0.05) is 6.07 Å². The second-order valence-electron chi connectivity index (χ2n) is 6.52. The highest BCUT2D eigenvalue weighted by molar-refractivity contribution is 5.79. The Morgan fingerprint density at radius 3 is 2.70 bits per heavy atom. The van der Waals surface area contributed by atoms with Gasteiger partial charge in [-0.15, -0.1) is 0 Å². The van der Waals surface area contributed by atoms with Crippen molar-refractivity contribution in [1.82, 2.24) is 10.6 Å². The van der Waals surface area contributed by atoms with E-state index in [0.29, 0.717) is 5.92 Å². The zero-order chi connectivity index (χ0) is 19.3. The van der Waals surface area contributed by atoms with Gasteiger partial charge in [0.1, 0.15) is 0 Å². The van der Waals surface area contributed by atoms with Crippen molar-refractivity contribution >= 4 is 5.96 Å². The molecule has 0 spiro atoms. The molecule has 0 bridgehead atoms. The molecule has 1 aromatic rings. The normalized spacial score (nSPS) is 17.0. The van der Waals surface area contributed by atoms with Crippen LogP contribution in [0.25, 0.3) is 0 Å². The van der Waals surface area contributed by atoms with E-state index in [0.717, 1.165) is 76.2 Å². The van der Waals surface area contributed by atoms with Crippen LogP contribution in [0.15, 0.2) is 23.2 Å². The fraction of sp³-hybridized carbons (Fsp3) is 0.650. The first kappa shape index (κ1) is 21.3. The van der Waals surface area contributed by atoms with Crippen molar-refractivity contribution in [3.8, 4) is 11.5 Å². The molecule has 7 nitrogen and oxygen atoms in total. The molecule has 1 saturated heterocycles. The van der Waals surface area contributed by atoms with E-state index in [-0.39, 0.29) is 0 Å². The first-order valence-electron chi connectivity index (χ1n) is 9.57. The first-order chi connectivity index (χ1) is 13.3. The molecule has 0 radical (unpaired) electrons. The quantitative estimate of drug-likeness (QED) is 0.347. The fourth-order valence-corrected chi connectivity index (χ4v) is 2.93. The third-order valence-electron chi connectivity index (χ3n) is 4.51. The van der Waals surface area contributed by atoms with Gasteiger partial charge < -0.3 is 29.6 Å². The monoisotopic (exact) mass is 379 g/mol. The van der Waals surface area contributed by atoms with Crippen LogP contribution < -0.4 is 20.1 Å². The summed E-state index contributed by atoms with van der Waals surface area (Å²) < 4.78 is 21.7. The van der Waals surface area contributed by atoms with Gasteiger partial charge in [-0.2, -0.15) is 0 Å². The summed E-state index contributed by atoms with van der Waals surface area (Å²) >= 11 is 0. The molecule has 1 unspecified atom stereocenters. The molecule has 1 fully saturated rings. The average Bonchev–Trinajstić information content (AvgIpc) is 3.22. The van der Waals surface area contributed by atoms with Crippen molar-refractivity contribution in [1.29, 1.82) is 0 Å². The molecular formula is C20H33N3O4. The van der Waals surface area contributed by atoms with Crippen LogP contribution in [0.1, 0.15) is 18.4 Å². The maximum atomic E-state index is 5.71. The number of ether oxygens (including phenoxy) is 4. The Balaban J connectivity index is 1.58. The summed E-state index contributed by atoms with van der Waals surface area (Å²) in [6, 6.07) is 5.98. The minimum absolute atomic E-state index is 0.573. The number of nitrogens with zero attached hydrogens (tertiary/aromatic N) is 1. The Labute approximate surface area is 162 Å². The van der Waals surface area contributed by atoms with Crippen LogP contribution in [0, 0.1) is 5.92 Å². The molecule has 1 aliphatic heterocycles. The topological polar surface area (TPSA) is 73.3 Å². The molecule has 0 aromatic heterocycles. The van der Waals surface area contributed by atoms with E-state index in [1.54, 1.807) is 21.3 Å². The third kappa shape index (κ3) is 7.64. The Bertz CT molecular complexity index is 574. The number of rotatable bonds is 11. The van der Waals surface area contributed by atoms with Crippen LogP contribution >= 0.6 is 0 Å². The Hall–Kier alpha value is -1.99. The Morgan fingerprint density at radius 1 is 1.19 bits per heavy atom. The van der Waals surface area contributed by atoms with Crippen LogP contribution in [-0.4, -0.2) is 66.7 Å². The van der Waals surface area contributed by atoms with Gasteiger partial charge in [0.15, 0.2) is 17.5 Å². The second kappa shape index (κ2) is 12.4. The standard InChI is InChI=1S/C20H33N3O4/c1-21-20(22-9-4-11-26-14-17-8-12-27-15-17)23-10-7-16-5-6-18(24-2)19(13-16)25-3/h5-6,13,17H,4,7-12,14-15H2,1-3H3,(H2,21,22,23). The van der Waals surface area contributed by atoms with Crippen molar-refractivity contribution in [2.24, 2.45) is 10.9 Å². The summed E-state index contributed by atoms with van der Waals surface area (Å²) in [5.41, 5.74) is 1.18. The maximum Gasteiger partial charge on any atom is 0.190 e. The minimum Gasteiger partial charge on any atom is -0.493 e. The molecule has 7 heteroatoms. The number of hydrogen-bond donors (Lipinski definition) is 2. The van der Waals surface area contributed by atoms with Gasteiger partial charge in [-0.05, 0) is 37.0 Å². The van der Waals surface area contributed by atoms with Gasteiger partial charge in [0.25, 0.3) is 0 Å². The van der Waals surface area contributed by atoms with Crippen LogP contribution in [-0.2, 0) is 15.9 Å². The van der Waals surface area contributed by atoms with Gasteiger partial charge in [-0.25, -0.2) is 0 Å². The number of aliphatic imine (C=N–C) groups is 1. The molecule has 0 aliphatic carbocycles. The molecule has 1 atom stereocenters. The lowest BCUT2D eigenvalue weighted by atomic mass is 10.1. The number of methoxy groups -OCH3 is 2. The van der Waals surface area contributed by atoms with Crippen molar-refractivity contribution < 1.29 is 18.9 Å². The molecule has 0 amide bonds. The van der Waals surface area contributed by atoms with Crippen LogP contribution in [0.5, 0.6) is 11.5 Å². The summed E-state index contributed by atoms with van der Waals surface area (Å²) in [7, 11) is 5.07. The Kier molecular flexibility index (Phi) is 9.79. The lowest BCUT2D eigenvalue weighted by Crippen LogP contribution is -2.39. The van der Waals surface area contributed by atoms with Crippen molar-refractivity contribution in [3.63, 3.8) is 0 Å². The van der Waals surface area contributed by atoms with Crippen LogP contribution in [0.2, 0.25) is 0 Å². The molecule has 1 heterocycles. The zero-order valence-electron chi connectivity index (χ0n) is 16.8. The smallest absolute Gasteiger partial charge is 0.190 e. The predicted molar refractivity (Wildman–Crippen MR) is 107 cm³/mol. The minimum atomic E-state index is 0.573. The SMILES string of the molecule is CN=C(NCCCOCC1CCOC1)NCCc1ccc(OC)c(OC)c1. The molecule has 1 aromatic carbocycles. The van der Waals surface area contributed by atoms with Gasteiger partial charge in [0, 0.05) is 39.3 Å². The zero-order valence-corrected chi connectivity index (χ0v) is 16.8. The van der Waals surface area contributed by atoms with Gasteiger partial charge >= 0.3 is 0 Å². The molecule has 1 aliphatic rings. The highest BCUT2D eigenvalue weighted by Crippen LogP contribution is 2.27. The fourth-order valence-electron chi connectivity index (χ4n) is 2.93. The van der Waals surface area contributed by atoms with E-state index in [4.69, 9.17) is 18.9 Å². The molecular weight excluding hydrogens is 346 g/mol. The molecule has 27 heavy (non-hydrogen) atoms. The summed E-state index contributed by atoms with van der Waals surface area (Å²) in [5.74, 6) is 2.87. The highest BCUT2D eigenvalue weighted by Gasteiger charge is 2.15. The largest absolute Gasteiger partial charge is 0.493 e. The molecule has 2 N–H and O–H groups in total. The van der Waals surface area contributed by atoms with Crippen molar-refractivity contribution in [2.75, 3.05) is 60.8 Å². The Morgan fingerprint density at radius 2 is 2.00 bits per heavy atom. The van der Waals surface area contributed by atoms with Crippen LogP contribution in [0.3, 0.4) is 0 Å². The van der Waals surface area contributed by atoms with E-state index in [2.05, 4.69) is 15.6 Å². The highest BCUT2D eigenvalue weighted by atomic mass is 16.5. The van der Waals surface area contributed by atoms with Crippen molar-refractivity contribution in [3.05, 3.63) is 23.8 Å². The lowest BCUT2D eigenvalue weighted by molar-refractivity contribution is 0.0888. The number of nitrogens with one attached hydrogen (secondary N) is 2. The predicted octanol–water partition coefficient (Wildman–Crippen LogP) is 1.85. The van der Waals surface area contributed by atoms with E-state index in [1.165, 1.54) is 5.56 Å². The average molecular weight is 380 g/mol. The van der Waals surface area contributed by atoms with Crippen LogP contribution in [0.4, 0.5) is 0 Å². The molecule has 0 saturated carbocycles. The molecule has 152 valence electrons. The molecule has 2 rings (SSSR count). The number of hydrogen-bond acceptors (Lipinski definition) is 5. The summed E-state index contributed by atoms with van der Waals surface area (Å²) in [5, 5.41) is 6.64. The van der Waals surface area contributed by atoms with Gasteiger partial charge in [0.05, 0.1) is 27.4 Å². The number of benzene rings is 1. The van der Waals surface area contributed by atoms with E-state index < -0.39 is 0 Å². The summed E-state index contributed by atoms with van der Waals surface area (Å²) in [4.78, 5) is 4.25. The lowest BCUT2D eigenvalue weighted by Gasteiger charge is -2.13. The second-order valence-corrected chi connectivity index (χ2v) is 6.52.